The van der Waals surface area contributed by atoms with E-state index in [4.69, 9.17) is 0 Å². The molecule has 0 bridgehead atoms. The number of nitrogens with one attached hydrogen (secondary N) is 1. The van der Waals surface area contributed by atoms with E-state index >= 15 is 0 Å². The second-order valence-corrected chi connectivity index (χ2v) is 9.42. The van der Waals surface area contributed by atoms with Gasteiger partial charge in [0.1, 0.15) is 0 Å². The Hall–Kier alpha value is -4.71. The molecule has 0 atom stereocenters. The van der Waals surface area contributed by atoms with Crippen molar-refractivity contribution < 1.29 is 19.1 Å². The molecule has 0 saturated carbocycles. The van der Waals surface area contributed by atoms with Crippen molar-refractivity contribution >= 4 is 29.2 Å². The zero-order chi connectivity index (χ0) is 27.8. The highest BCUT2D eigenvalue weighted by Gasteiger charge is 2.16. The Morgan fingerprint density at radius 1 is 0.821 bits per heavy atom. The van der Waals surface area contributed by atoms with Crippen molar-refractivity contribution in [2.45, 2.75) is 26.7 Å². The molecular formula is C33H32N2O4. The molecule has 6 heteroatoms. The third kappa shape index (κ3) is 6.99. The molecule has 0 radical (unpaired) electrons. The quantitative estimate of drug-likeness (QED) is 0.293. The summed E-state index contributed by atoms with van der Waals surface area (Å²) in [6.07, 6.45) is 1.54. The summed E-state index contributed by atoms with van der Waals surface area (Å²) in [5, 5.41) is 2.95. The topological polar surface area (TPSA) is 75.7 Å². The maximum absolute atomic E-state index is 13.0. The summed E-state index contributed by atoms with van der Waals surface area (Å²) in [7, 11) is 1.77. The van der Waals surface area contributed by atoms with Crippen molar-refractivity contribution in [1.29, 1.82) is 0 Å². The molecule has 4 aromatic carbocycles. The average Bonchev–Trinajstić information content (AvgIpc) is 3.44. The van der Waals surface area contributed by atoms with E-state index < -0.39 is 0 Å². The third-order valence-corrected chi connectivity index (χ3v) is 6.49. The number of carbonyl (C=O) groups is 3. The molecule has 2 amide bonds. The summed E-state index contributed by atoms with van der Waals surface area (Å²) in [5.41, 5.74) is 6.72. The van der Waals surface area contributed by atoms with Gasteiger partial charge in [0.15, 0.2) is 0 Å². The second kappa shape index (κ2) is 12.7. The number of amides is 2. The fourth-order valence-electron chi connectivity index (χ4n) is 4.28. The molecule has 1 saturated heterocycles. The SMILES string of the molecule is Cc1ccc(-c2ccccc2C(=O)Nc2ccc(C(=O)N(C)c3ccccc3C)cc2)cc1.O=C1CCCO1. The van der Waals surface area contributed by atoms with Gasteiger partial charge < -0.3 is 15.0 Å². The monoisotopic (exact) mass is 520 g/mol. The number of nitrogens with zero attached hydrogens (tertiary/aromatic N) is 1. The van der Waals surface area contributed by atoms with Crippen molar-refractivity contribution in [3.05, 3.63) is 119 Å². The minimum absolute atomic E-state index is 0.0463. The number of aryl methyl sites for hydroxylation is 2. The van der Waals surface area contributed by atoms with Crippen LogP contribution in [0.2, 0.25) is 0 Å². The highest BCUT2D eigenvalue weighted by atomic mass is 16.5. The van der Waals surface area contributed by atoms with Crippen molar-refractivity contribution in [3.8, 4) is 11.1 Å². The highest BCUT2D eigenvalue weighted by Crippen LogP contribution is 2.25. The standard InChI is InChI=1S/C29H26N2O2.C4H6O2/c1-20-12-14-22(15-13-20)25-9-5-6-10-26(25)28(32)30-24-18-16-23(17-19-24)29(33)31(3)27-11-7-4-8-21(27)2;5-4-2-1-3-6-4/h4-19H,1-3H3,(H,30,32);1-3H2. The fraction of sp³-hybridized carbons (Fsp3) is 0.182. The van der Waals surface area contributed by atoms with Gasteiger partial charge in [-0.1, -0.05) is 66.2 Å². The Labute approximate surface area is 229 Å². The van der Waals surface area contributed by atoms with Gasteiger partial charge in [-0.2, -0.15) is 0 Å². The van der Waals surface area contributed by atoms with Gasteiger partial charge in [0.25, 0.3) is 11.8 Å². The normalized spacial score (nSPS) is 12.1. The molecule has 0 aliphatic carbocycles. The van der Waals surface area contributed by atoms with Crippen LogP contribution >= 0.6 is 0 Å². The van der Waals surface area contributed by atoms with Crippen LogP contribution in [-0.4, -0.2) is 31.4 Å². The van der Waals surface area contributed by atoms with Crippen molar-refractivity contribution in [1.82, 2.24) is 0 Å². The van der Waals surface area contributed by atoms with Crippen molar-refractivity contribution in [2.75, 3.05) is 23.9 Å². The predicted molar refractivity (Wildman–Crippen MR) is 155 cm³/mol. The van der Waals surface area contributed by atoms with Crippen LogP contribution in [0.25, 0.3) is 11.1 Å². The van der Waals surface area contributed by atoms with E-state index in [1.165, 1.54) is 5.56 Å². The van der Waals surface area contributed by atoms with Gasteiger partial charge in [-0.3, -0.25) is 14.4 Å². The third-order valence-electron chi connectivity index (χ3n) is 6.49. The molecule has 198 valence electrons. The average molecular weight is 521 g/mol. The number of cyclic esters (lactones) is 1. The zero-order valence-corrected chi connectivity index (χ0v) is 22.4. The van der Waals surface area contributed by atoms with E-state index in [0.29, 0.717) is 29.8 Å². The minimum atomic E-state index is -0.192. The number of ether oxygens (including phenoxy) is 1. The molecule has 1 aliphatic heterocycles. The Balaban J connectivity index is 0.000000519. The van der Waals surface area contributed by atoms with Crippen LogP contribution in [0.15, 0.2) is 97.1 Å². The number of esters is 1. The van der Waals surface area contributed by atoms with E-state index in [9.17, 15) is 14.4 Å². The maximum Gasteiger partial charge on any atom is 0.305 e. The van der Waals surface area contributed by atoms with Crippen LogP contribution in [0.1, 0.15) is 44.7 Å². The Morgan fingerprint density at radius 2 is 1.49 bits per heavy atom. The fourth-order valence-corrected chi connectivity index (χ4v) is 4.28. The van der Waals surface area contributed by atoms with E-state index in [1.54, 1.807) is 36.2 Å². The first-order valence-electron chi connectivity index (χ1n) is 12.9. The largest absolute Gasteiger partial charge is 0.466 e. The number of hydrogen-bond acceptors (Lipinski definition) is 4. The number of anilines is 2. The number of benzene rings is 4. The number of para-hydroxylation sites is 1. The Bertz CT molecular complexity index is 1450. The van der Waals surface area contributed by atoms with Gasteiger partial charge in [0, 0.05) is 36.0 Å². The maximum atomic E-state index is 13.0. The van der Waals surface area contributed by atoms with E-state index in [1.807, 2.05) is 86.6 Å². The second-order valence-electron chi connectivity index (χ2n) is 9.42. The number of hydrogen-bond donors (Lipinski definition) is 1. The van der Waals surface area contributed by atoms with E-state index in [0.717, 1.165) is 28.8 Å². The van der Waals surface area contributed by atoms with Crippen LogP contribution in [0.4, 0.5) is 11.4 Å². The highest BCUT2D eigenvalue weighted by molar-refractivity contribution is 6.09. The first kappa shape index (κ1) is 27.3. The number of carbonyl (C=O) groups excluding carboxylic acids is 3. The summed E-state index contributed by atoms with van der Waals surface area (Å²) in [6, 6.07) is 30.4. The first-order chi connectivity index (χ1) is 18.8. The summed E-state index contributed by atoms with van der Waals surface area (Å²) in [5.74, 6) is -0.343. The van der Waals surface area contributed by atoms with Crippen LogP contribution in [0.5, 0.6) is 0 Å². The zero-order valence-electron chi connectivity index (χ0n) is 22.4. The van der Waals surface area contributed by atoms with Crippen LogP contribution in [0, 0.1) is 13.8 Å². The van der Waals surface area contributed by atoms with Gasteiger partial charge in [-0.25, -0.2) is 0 Å². The van der Waals surface area contributed by atoms with Gasteiger partial charge in [-0.15, -0.1) is 0 Å². The molecular weight excluding hydrogens is 488 g/mol. The van der Waals surface area contributed by atoms with Gasteiger partial charge in [-0.05, 0) is 73.4 Å². The molecule has 5 rings (SSSR count). The molecule has 4 aromatic rings. The molecule has 1 aliphatic rings. The number of rotatable bonds is 5. The van der Waals surface area contributed by atoms with E-state index in [2.05, 4.69) is 10.1 Å². The minimum Gasteiger partial charge on any atom is -0.466 e. The first-order valence-corrected chi connectivity index (χ1v) is 12.9. The van der Waals surface area contributed by atoms with Crippen LogP contribution in [-0.2, 0) is 9.53 Å². The van der Waals surface area contributed by atoms with Crippen molar-refractivity contribution in [3.63, 3.8) is 0 Å². The molecule has 1 heterocycles. The van der Waals surface area contributed by atoms with Gasteiger partial charge in [0.2, 0.25) is 0 Å². The Morgan fingerprint density at radius 3 is 2.10 bits per heavy atom. The molecule has 0 unspecified atom stereocenters. The van der Waals surface area contributed by atoms with Crippen LogP contribution in [0.3, 0.4) is 0 Å². The smallest absolute Gasteiger partial charge is 0.305 e. The van der Waals surface area contributed by atoms with Crippen LogP contribution < -0.4 is 10.2 Å². The lowest BCUT2D eigenvalue weighted by Gasteiger charge is -2.19. The van der Waals surface area contributed by atoms with Crippen molar-refractivity contribution in [2.24, 2.45) is 0 Å². The van der Waals surface area contributed by atoms with E-state index in [-0.39, 0.29) is 17.8 Å². The lowest BCUT2D eigenvalue weighted by molar-refractivity contribution is -0.137. The molecule has 1 fully saturated rings. The summed E-state index contributed by atoms with van der Waals surface area (Å²) in [4.78, 5) is 37.6. The lowest BCUT2D eigenvalue weighted by Crippen LogP contribution is -2.26. The summed E-state index contributed by atoms with van der Waals surface area (Å²) < 4.78 is 4.51. The molecule has 0 spiro atoms. The summed E-state index contributed by atoms with van der Waals surface area (Å²) in [6.45, 7) is 4.65. The molecule has 0 aromatic heterocycles. The van der Waals surface area contributed by atoms with Gasteiger partial charge >= 0.3 is 5.97 Å². The molecule has 39 heavy (non-hydrogen) atoms. The Kier molecular flexibility index (Phi) is 8.90. The van der Waals surface area contributed by atoms with Gasteiger partial charge in [0.05, 0.1) is 6.61 Å². The summed E-state index contributed by atoms with van der Waals surface area (Å²) >= 11 is 0. The molecule has 1 N–H and O–H groups in total. The predicted octanol–water partition coefficient (Wildman–Crippen LogP) is 6.82. The molecule has 6 nitrogen and oxygen atoms in total. The lowest BCUT2D eigenvalue weighted by atomic mass is 9.98.